The molecule has 2 aromatic heterocycles. The molecule has 1 aliphatic rings. The number of rotatable bonds is 5. The standard InChI is InChI=1S/C18H27N7O2/c1-13-16(14(2)27-22-13)6-5-7-20-18(19-3)24-8-9-25(17(26)12-24)15-10-21-23(4)11-15/h10-11H,5-9,12H2,1-4H3,(H,19,20). The number of piperazine rings is 1. The fourth-order valence-corrected chi connectivity index (χ4v) is 3.33. The first kappa shape index (κ1) is 18.9. The monoisotopic (exact) mass is 373 g/mol. The molecule has 0 radical (unpaired) electrons. The Bertz CT molecular complexity index is 804. The lowest BCUT2D eigenvalue weighted by molar-refractivity contribution is -0.120. The van der Waals surface area contributed by atoms with Crippen molar-refractivity contribution in [3.8, 4) is 0 Å². The van der Waals surface area contributed by atoms with E-state index in [2.05, 4.69) is 20.6 Å². The number of aryl methyl sites for hydroxylation is 3. The van der Waals surface area contributed by atoms with Crippen LogP contribution in [0.3, 0.4) is 0 Å². The number of aromatic nitrogens is 3. The van der Waals surface area contributed by atoms with E-state index in [1.165, 1.54) is 5.56 Å². The van der Waals surface area contributed by atoms with Crippen LogP contribution in [0.4, 0.5) is 5.69 Å². The van der Waals surface area contributed by atoms with Crippen LogP contribution in [0.15, 0.2) is 21.9 Å². The molecular weight excluding hydrogens is 346 g/mol. The molecule has 2 aromatic rings. The second kappa shape index (κ2) is 8.24. The Morgan fingerprint density at radius 3 is 2.78 bits per heavy atom. The molecule has 0 unspecified atom stereocenters. The van der Waals surface area contributed by atoms with Gasteiger partial charge in [0.15, 0.2) is 5.96 Å². The van der Waals surface area contributed by atoms with Crippen molar-refractivity contribution in [2.75, 3.05) is 38.1 Å². The molecule has 1 fully saturated rings. The molecule has 1 N–H and O–H groups in total. The third kappa shape index (κ3) is 4.29. The largest absolute Gasteiger partial charge is 0.361 e. The van der Waals surface area contributed by atoms with Gasteiger partial charge < -0.3 is 19.6 Å². The van der Waals surface area contributed by atoms with Crippen LogP contribution < -0.4 is 10.2 Å². The molecule has 1 amide bonds. The fraction of sp³-hybridized carbons (Fsp3) is 0.556. The number of nitrogens with zero attached hydrogens (tertiary/aromatic N) is 6. The first-order chi connectivity index (χ1) is 13.0. The van der Waals surface area contributed by atoms with Gasteiger partial charge in [0.1, 0.15) is 12.3 Å². The summed E-state index contributed by atoms with van der Waals surface area (Å²) in [5.41, 5.74) is 2.96. The third-order valence-electron chi connectivity index (χ3n) is 4.80. The topological polar surface area (TPSA) is 91.8 Å². The third-order valence-corrected chi connectivity index (χ3v) is 4.80. The molecule has 9 heteroatoms. The van der Waals surface area contributed by atoms with E-state index in [1.807, 2.05) is 32.0 Å². The lowest BCUT2D eigenvalue weighted by Gasteiger charge is -2.35. The summed E-state index contributed by atoms with van der Waals surface area (Å²) in [4.78, 5) is 20.6. The highest BCUT2D eigenvalue weighted by Gasteiger charge is 2.27. The lowest BCUT2D eigenvalue weighted by atomic mass is 10.1. The van der Waals surface area contributed by atoms with Gasteiger partial charge in [-0.2, -0.15) is 5.10 Å². The highest BCUT2D eigenvalue weighted by Crippen LogP contribution is 2.16. The summed E-state index contributed by atoms with van der Waals surface area (Å²) in [6, 6.07) is 0. The molecule has 146 valence electrons. The Hall–Kier alpha value is -2.84. The van der Waals surface area contributed by atoms with Crippen molar-refractivity contribution in [2.24, 2.45) is 12.0 Å². The van der Waals surface area contributed by atoms with Gasteiger partial charge in [-0.25, -0.2) is 0 Å². The second-order valence-electron chi connectivity index (χ2n) is 6.72. The normalized spacial score (nSPS) is 15.6. The average Bonchev–Trinajstić information content (AvgIpc) is 3.21. The molecular formula is C18H27N7O2. The Labute approximate surface area is 159 Å². The van der Waals surface area contributed by atoms with Crippen molar-refractivity contribution in [1.82, 2.24) is 25.2 Å². The first-order valence-electron chi connectivity index (χ1n) is 9.16. The Morgan fingerprint density at radius 1 is 1.37 bits per heavy atom. The van der Waals surface area contributed by atoms with Gasteiger partial charge in [-0.1, -0.05) is 5.16 Å². The number of amides is 1. The maximum absolute atomic E-state index is 12.5. The highest BCUT2D eigenvalue weighted by atomic mass is 16.5. The average molecular weight is 373 g/mol. The van der Waals surface area contributed by atoms with Crippen LogP contribution in [0.2, 0.25) is 0 Å². The van der Waals surface area contributed by atoms with Crippen molar-refractivity contribution < 1.29 is 9.32 Å². The van der Waals surface area contributed by atoms with Crippen LogP contribution in [-0.2, 0) is 18.3 Å². The zero-order valence-electron chi connectivity index (χ0n) is 16.4. The van der Waals surface area contributed by atoms with Crippen LogP contribution >= 0.6 is 0 Å². The Morgan fingerprint density at radius 2 is 2.19 bits per heavy atom. The summed E-state index contributed by atoms with van der Waals surface area (Å²) in [6.07, 6.45) is 5.41. The molecule has 27 heavy (non-hydrogen) atoms. The van der Waals surface area contributed by atoms with Crippen LogP contribution in [0, 0.1) is 13.8 Å². The molecule has 1 saturated heterocycles. The molecule has 0 atom stereocenters. The van der Waals surface area contributed by atoms with E-state index in [0.717, 1.165) is 49.0 Å². The van der Waals surface area contributed by atoms with Gasteiger partial charge in [-0.15, -0.1) is 0 Å². The number of hydrogen-bond donors (Lipinski definition) is 1. The van der Waals surface area contributed by atoms with Gasteiger partial charge in [0.25, 0.3) is 0 Å². The van der Waals surface area contributed by atoms with E-state index >= 15 is 0 Å². The number of hydrogen-bond acceptors (Lipinski definition) is 5. The molecule has 0 spiro atoms. The zero-order valence-corrected chi connectivity index (χ0v) is 16.4. The van der Waals surface area contributed by atoms with Crippen molar-refractivity contribution in [3.05, 3.63) is 29.4 Å². The number of guanidine groups is 1. The number of carbonyl (C=O) groups excluding carboxylic acids is 1. The maximum Gasteiger partial charge on any atom is 0.246 e. The second-order valence-corrected chi connectivity index (χ2v) is 6.72. The van der Waals surface area contributed by atoms with Gasteiger partial charge >= 0.3 is 0 Å². The Balaban J connectivity index is 1.49. The van der Waals surface area contributed by atoms with Gasteiger partial charge in [0.05, 0.1) is 17.6 Å². The summed E-state index contributed by atoms with van der Waals surface area (Å²) >= 11 is 0. The van der Waals surface area contributed by atoms with Crippen molar-refractivity contribution in [1.29, 1.82) is 0 Å². The SMILES string of the molecule is CN=C(NCCCc1c(C)noc1C)N1CCN(c2cnn(C)c2)C(=O)C1. The number of aliphatic imine (C=N–C) groups is 1. The van der Waals surface area contributed by atoms with Crippen molar-refractivity contribution >= 4 is 17.6 Å². The minimum atomic E-state index is 0.0490. The summed E-state index contributed by atoms with van der Waals surface area (Å²) < 4.78 is 6.90. The minimum absolute atomic E-state index is 0.0490. The quantitative estimate of drug-likeness (QED) is 0.475. The molecule has 1 aliphatic heterocycles. The molecule has 0 bridgehead atoms. The van der Waals surface area contributed by atoms with Gasteiger partial charge in [0, 0.05) is 45.5 Å². The molecule has 0 aromatic carbocycles. The van der Waals surface area contributed by atoms with E-state index in [9.17, 15) is 4.79 Å². The van der Waals surface area contributed by atoms with E-state index in [-0.39, 0.29) is 5.91 Å². The summed E-state index contributed by atoms with van der Waals surface area (Å²) in [5, 5.41) is 11.5. The Kier molecular flexibility index (Phi) is 5.78. The first-order valence-corrected chi connectivity index (χ1v) is 9.16. The number of nitrogens with one attached hydrogen (secondary N) is 1. The van der Waals surface area contributed by atoms with Gasteiger partial charge in [-0.05, 0) is 26.7 Å². The molecule has 0 saturated carbocycles. The minimum Gasteiger partial charge on any atom is -0.361 e. The maximum atomic E-state index is 12.5. The number of anilines is 1. The van der Waals surface area contributed by atoms with Crippen LogP contribution in [-0.4, -0.2) is 64.9 Å². The molecule has 3 heterocycles. The van der Waals surface area contributed by atoms with E-state index in [0.29, 0.717) is 13.1 Å². The predicted molar refractivity (Wildman–Crippen MR) is 103 cm³/mol. The summed E-state index contributed by atoms with van der Waals surface area (Å²) in [7, 11) is 3.59. The van der Waals surface area contributed by atoms with Crippen LogP contribution in [0.25, 0.3) is 0 Å². The van der Waals surface area contributed by atoms with Gasteiger partial charge in [-0.3, -0.25) is 14.5 Å². The smallest absolute Gasteiger partial charge is 0.246 e. The zero-order chi connectivity index (χ0) is 19.4. The fourth-order valence-electron chi connectivity index (χ4n) is 3.33. The van der Waals surface area contributed by atoms with Crippen LogP contribution in [0.1, 0.15) is 23.4 Å². The van der Waals surface area contributed by atoms with Crippen molar-refractivity contribution in [3.63, 3.8) is 0 Å². The van der Waals surface area contributed by atoms with E-state index < -0.39 is 0 Å². The number of carbonyl (C=O) groups is 1. The van der Waals surface area contributed by atoms with Crippen molar-refractivity contribution in [2.45, 2.75) is 26.7 Å². The summed E-state index contributed by atoms with van der Waals surface area (Å²) in [6.45, 7) is 6.32. The molecule has 3 rings (SSSR count). The molecule has 9 nitrogen and oxygen atoms in total. The highest BCUT2D eigenvalue weighted by molar-refractivity contribution is 5.98. The van der Waals surface area contributed by atoms with Crippen LogP contribution in [0.5, 0.6) is 0 Å². The summed E-state index contributed by atoms with van der Waals surface area (Å²) in [5.74, 6) is 1.69. The molecule has 0 aliphatic carbocycles. The van der Waals surface area contributed by atoms with E-state index in [1.54, 1.807) is 22.8 Å². The van der Waals surface area contributed by atoms with E-state index in [4.69, 9.17) is 4.52 Å². The predicted octanol–water partition coefficient (Wildman–Crippen LogP) is 0.882. The lowest BCUT2D eigenvalue weighted by Crippen LogP contribution is -2.55. The van der Waals surface area contributed by atoms with Gasteiger partial charge in [0.2, 0.25) is 5.91 Å².